The fraction of sp³-hybridized carbons (Fsp3) is 0.550. The summed E-state index contributed by atoms with van der Waals surface area (Å²) in [5.41, 5.74) is 8.34. The van der Waals surface area contributed by atoms with Gasteiger partial charge in [-0.05, 0) is 23.5 Å². The molecule has 0 radical (unpaired) electrons. The van der Waals surface area contributed by atoms with Crippen LogP contribution >= 0.6 is 0 Å². The van der Waals surface area contributed by atoms with Crippen LogP contribution in [-0.2, 0) is 22.6 Å². The minimum atomic E-state index is 0.113. The number of nitrogens with two attached hydrogens (primary N) is 1. The molecule has 1 heterocycles. The van der Waals surface area contributed by atoms with Crippen LogP contribution in [0.15, 0.2) is 36.4 Å². The maximum Gasteiger partial charge on any atom is 0.223 e. The van der Waals surface area contributed by atoms with E-state index < -0.39 is 0 Å². The molecule has 25 heavy (non-hydrogen) atoms. The van der Waals surface area contributed by atoms with Crippen molar-refractivity contribution in [1.29, 1.82) is 0 Å². The van der Waals surface area contributed by atoms with E-state index in [4.69, 9.17) is 10.5 Å². The van der Waals surface area contributed by atoms with Crippen molar-refractivity contribution in [3.05, 3.63) is 47.5 Å². The minimum absolute atomic E-state index is 0.113. The van der Waals surface area contributed by atoms with Crippen molar-refractivity contribution in [2.45, 2.75) is 32.0 Å². The summed E-state index contributed by atoms with van der Waals surface area (Å²) in [6.07, 6.45) is 5.52. The van der Waals surface area contributed by atoms with E-state index in [1.165, 1.54) is 11.1 Å². The third-order valence-electron chi connectivity index (χ3n) is 5.02. The van der Waals surface area contributed by atoms with Crippen molar-refractivity contribution in [3.63, 3.8) is 0 Å². The molecule has 1 aliphatic heterocycles. The van der Waals surface area contributed by atoms with E-state index in [0.29, 0.717) is 18.9 Å². The molecule has 1 aliphatic carbocycles. The van der Waals surface area contributed by atoms with Crippen LogP contribution in [0.3, 0.4) is 0 Å². The zero-order chi connectivity index (χ0) is 17.6. The average molecular weight is 343 g/mol. The van der Waals surface area contributed by atoms with Crippen LogP contribution in [0.25, 0.3) is 0 Å². The summed E-state index contributed by atoms with van der Waals surface area (Å²) in [7, 11) is 1.88. The minimum Gasteiger partial charge on any atom is -0.379 e. The Kier molecular flexibility index (Phi) is 6.24. The van der Waals surface area contributed by atoms with Crippen LogP contribution in [0.1, 0.15) is 24.0 Å². The van der Waals surface area contributed by atoms with Gasteiger partial charge in [-0.25, -0.2) is 0 Å². The standard InChI is InChI=1S/C20H29N3O2/c1-22(20(24)13-18-6-7-19(21)12-18)14-16-2-4-17(5-3-16)15-23-8-10-25-11-9-23/h2-7,18-19H,8-15,21H2,1H3/t18-,19+/m0/s1. The number of morpholine rings is 1. The van der Waals surface area contributed by atoms with Gasteiger partial charge in [-0.1, -0.05) is 36.4 Å². The highest BCUT2D eigenvalue weighted by atomic mass is 16.5. The number of ether oxygens (including phenoxy) is 1. The first-order chi connectivity index (χ1) is 12.1. The van der Waals surface area contributed by atoms with Gasteiger partial charge in [-0.15, -0.1) is 0 Å². The van der Waals surface area contributed by atoms with Crippen molar-refractivity contribution in [3.8, 4) is 0 Å². The second kappa shape index (κ2) is 8.61. The number of carbonyl (C=O) groups excluding carboxylic acids is 1. The van der Waals surface area contributed by atoms with Crippen LogP contribution in [0.5, 0.6) is 0 Å². The summed E-state index contributed by atoms with van der Waals surface area (Å²) in [4.78, 5) is 16.6. The molecule has 0 aromatic heterocycles. The van der Waals surface area contributed by atoms with E-state index in [1.807, 2.05) is 18.0 Å². The summed E-state index contributed by atoms with van der Waals surface area (Å²) in [5, 5.41) is 0. The molecule has 136 valence electrons. The van der Waals surface area contributed by atoms with E-state index in [1.54, 1.807) is 0 Å². The first-order valence-corrected chi connectivity index (χ1v) is 9.16. The van der Waals surface area contributed by atoms with Crippen LogP contribution in [0, 0.1) is 5.92 Å². The lowest BCUT2D eigenvalue weighted by molar-refractivity contribution is -0.131. The molecule has 5 heteroatoms. The van der Waals surface area contributed by atoms with E-state index >= 15 is 0 Å². The molecule has 3 rings (SSSR count). The Labute approximate surface area is 150 Å². The average Bonchev–Trinajstić information content (AvgIpc) is 3.02. The highest BCUT2D eigenvalue weighted by Gasteiger charge is 2.20. The predicted octanol–water partition coefficient (Wildman–Crippen LogP) is 1.77. The van der Waals surface area contributed by atoms with Gasteiger partial charge in [0.15, 0.2) is 0 Å². The first-order valence-electron chi connectivity index (χ1n) is 9.16. The molecule has 0 unspecified atom stereocenters. The lowest BCUT2D eigenvalue weighted by Gasteiger charge is -2.26. The Balaban J connectivity index is 1.46. The second-order valence-corrected chi connectivity index (χ2v) is 7.20. The second-order valence-electron chi connectivity index (χ2n) is 7.20. The summed E-state index contributed by atoms with van der Waals surface area (Å²) in [5.74, 6) is 0.474. The number of carbonyl (C=O) groups is 1. The zero-order valence-electron chi connectivity index (χ0n) is 15.1. The van der Waals surface area contributed by atoms with Gasteiger partial charge in [0.1, 0.15) is 0 Å². The van der Waals surface area contributed by atoms with Crippen molar-refractivity contribution < 1.29 is 9.53 Å². The van der Waals surface area contributed by atoms with E-state index in [2.05, 4.69) is 35.2 Å². The van der Waals surface area contributed by atoms with E-state index in [0.717, 1.165) is 39.3 Å². The Morgan fingerprint density at radius 1 is 1.20 bits per heavy atom. The summed E-state index contributed by atoms with van der Waals surface area (Å²) < 4.78 is 5.39. The lowest BCUT2D eigenvalue weighted by atomic mass is 10.0. The number of hydrogen-bond donors (Lipinski definition) is 1. The van der Waals surface area contributed by atoms with Gasteiger partial charge in [0, 0.05) is 45.7 Å². The number of rotatable bonds is 6. The van der Waals surface area contributed by atoms with Gasteiger partial charge in [0.25, 0.3) is 0 Å². The van der Waals surface area contributed by atoms with E-state index in [9.17, 15) is 4.79 Å². The molecule has 2 aliphatic rings. The molecule has 0 bridgehead atoms. The molecule has 1 saturated heterocycles. The first kappa shape index (κ1) is 18.1. The van der Waals surface area contributed by atoms with Crippen molar-refractivity contribution >= 4 is 5.91 Å². The molecule has 1 fully saturated rings. The van der Waals surface area contributed by atoms with Crippen LogP contribution in [0.2, 0.25) is 0 Å². The Morgan fingerprint density at radius 2 is 1.88 bits per heavy atom. The van der Waals surface area contributed by atoms with E-state index in [-0.39, 0.29) is 11.9 Å². The smallest absolute Gasteiger partial charge is 0.223 e. The Morgan fingerprint density at radius 3 is 2.52 bits per heavy atom. The quantitative estimate of drug-likeness (QED) is 0.800. The molecule has 0 spiro atoms. The maximum atomic E-state index is 12.4. The van der Waals surface area contributed by atoms with Crippen molar-refractivity contribution in [2.24, 2.45) is 11.7 Å². The monoisotopic (exact) mass is 343 g/mol. The normalized spacial score (nSPS) is 23.8. The number of benzene rings is 1. The van der Waals surface area contributed by atoms with Crippen molar-refractivity contribution in [2.75, 3.05) is 33.4 Å². The maximum absolute atomic E-state index is 12.4. The van der Waals surface area contributed by atoms with Gasteiger partial charge in [-0.2, -0.15) is 0 Å². The largest absolute Gasteiger partial charge is 0.379 e. The third kappa shape index (κ3) is 5.39. The lowest BCUT2D eigenvalue weighted by Crippen LogP contribution is -2.35. The zero-order valence-corrected chi connectivity index (χ0v) is 15.1. The fourth-order valence-corrected chi connectivity index (χ4v) is 3.47. The molecular weight excluding hydrogens is 314 g/mol. The third-order valence-corrected chi connectivity index (χ3v) is 5.02. The predicted molar refractivity (Wildman–Crippen MR) is 98.9 cm³/mol. The highest BCUT2D eigenvalue weighted by molar-refractivity contribution is 5.76. The highest BCUT2D eigenvalue weighted by Crippen LogP contribution is 2.21. The molecule has 2 atom stereocenters. The van der Waals surface area contributed by atoms with Crippen LogP contribution in [0.4, 0.5) is 0 Å². The van der Waals surface area contributed by atoms with Crippen LogP contribution < -0.4 is 5.73 Å². The topological polar surface area (TPSA) is 58.8 Å². The van der Waals surface area contributed by atoms with Gasteiger partial charge < -0.3 is 15.4 Å². The molecule has 5 nitrogen and oxygen atoms in total. The number of nitrogens with zero attached hydrogens (tertiary/aromatic N) is 2. The Bertz CT molecular complexity index is 593. The molecule has 1 aromatic carbocycles. The summed E-state index contributed by atoms with van der Waals surface area (Å²) in [6, 6.07) is 8.71. The van der Waals surface area contributed by atoms with Gasteiger partial charge in [0.2, 0.25) is 5.91 Å². The SMILES string of the molecule is CN(Cc1ccc(CN2CCOCC2)cc1)C(=O)C[C@H]1C=C[C@@H](N)C1. The Hall–Kier alpha value is -1.69. The van der Waals surface area contributed by atoms with Crippen molar-refractivity contribution in [1.82, 2.24) is 9.80 Å². The molecule has 0 saturated carbocycles. The van der Waals surface area contributed by atoms with Gasteiger partial charge in [0.05, 0.1) is 13.2 Å². The molecule has 1 aromatic rings. The number of amides is 1. The number of hydrogen-bond acceptors (Lipinski definition) is 4. The summed E-state index contributed by atoms with van der Waals surface area (Å²) in [6.45, 7) is 5.26. The molecule has 1 amide bonds. The number of allylic oxidation sites excluding steroid dienone is 1. The van der Waals surface area contributed by atoms with Crippen LogP contribution in [-0.4, -0.2) is 55.1 Å². The fourth-order valence-electron chi connectivity index (χ4n) is 3.47. The van der Waals surface area contributed by atoms with Gasteiger partial charge >= 0.3 is 0 Å². The van der Waals surface area contributed by atoms with Gasteiger partial charge in [-0.3, -0.25) is 9.69 Å². The molecule has 2 N–H and O–H groups in total. The summed E-state index contributed by atoms with van der Waals surface area (Å²) >= 11 is 0. The molecular formula is C20H29N3O2.